The molecule has 0 radical (unpaired) electrons. The third-order valence-corrected chi connectivity index (χ3v) is 10.9. The first-order valence-corrected chi connectivity index (χ1v) is 19.1. The molecule has 2 saturated heterocycles. The Hall–Kier alpha value is -3.33. The second-order valence-electron chi connectivity index (χ2n) is 11.1. The van der Waals surface area contributed by atoms with E-state index in [0.717, 1.165) is 10.9 Å². The zero-order valence-electron chi connectivity index (χ0n) is 26.5. The maximum atomic E-state index is 13.4. The summed E-state index contributed by atoms with van der Waals surface area (Å²) in [5.74, 6) is 0.0569. The highest BCUT2D eigenvalue weighted by molar-refractivity contribution is 7.60. The van der Waals surface area contributed by atoms with Crippen LogP contribution in [0, 0.1) is 0 Å². The number of aromatic amines is 1. The normalized spacial score (nSPS) is 29.1. The van der Waals surface area contributed by atoms with Crippen LogP contribution in [0.25, 0.3) is 22.3 Å². The number of fused-ring (bicyclic) bond motifs is 2. The molecule has 10 N–H and O–H groups in total. The van der Waals surface area contributed by atoms with E-state index in [9.17, 15) is 38.5 Å². The highest BCUT2D eigenvalue weighted by atomic mass is 31.3. The molecule has 2 aliphatic rings. The molecule has 0 aliphatic carbocycles. The van der Waals surface area contributed by atoms with Crippen molar-refractivity contribution in [3.05, 3.63) is 29.3 Å². The van der Waals surface area contributed by atoms with Crippen LogP contribution in [-0.4, -0.2) is 133 Å². The van der Waals surface area contributed by atoms with Crippen LogP contribution in [-0.2, 0) is 45.8 Å². The van der Waals surface area contributed by atoms with Crippen molar-refractivity contribution in [3.63, 3.8) is 0 Å². The van der Waals surface area contributed by atoms with Crippen LogP contribution >= 0.6 is 23.5 Å². The number of methoxy groups -OCH3 is 1. The Kier molecular flexibility index (Phi) is 10.7. The summed E-state index contributed by atoms with van der Waals surface area (Å²) < 4.78 is 75.4. The van der Waals surface area contributed by atoms with Gasteiger partial charge in [0.05, 0.1) is 25.9 Å². The summed E-state index contributed by atoms with van der Waals surface area (Å²) in [7, 11) is -13.5. The largest absolute Gasteiger partial charge is 0.481 e. The fourth-order valence-electron chi connectivity index (χ4n) is 5.57. The molecule has 0 saturated carbocycles. The molecule has 4 aromatic rings. The van der Waals surface area contributed by atoms with Crippen LogP contribution in [0.5, 0.6) is 0 Å². The van der Waals surface area contributed by atoms with E-state index in [0.29, 0.717) is 5.82 Å². The van der Waals surface area contributed by atoms with Crippen LogP contribution in [0.4, 0.5) is 11.8 Å². The smallest absolute Gasteiger partial charge is 0.387 e. The van der Waals surface area contributed by atoms with Crippen molar-refractivity contribution in [1.82, 2.24) is 39.0 Å². The summed E-state index contributed by atoms with van der Waals surface area (Å²) in [6, 6.07) is 0. The van der Waals surface area contributed by atoms with Crippen molar-refractivity contribution in [3.8, 4) is 0 Å². The topological polar surface area (TPSA) is 382 Å². The van der Waals surface area contributed by atoms with Gasteiger partial charge in [-0.25, -0.2) is 33.6 Å². The highest BCUT2D eigenvalue weighted by Gasteiger charge is 2.52. The Balaban J connectivity index is 1.22. The number of nitrogens with two attached hydrogens (primary N) is 1. The van der Waals surface area contributed by atoms with E-state index < -0.39 is 91.3 Å². The Labute approximate surface area is 289 Å². The van der Waals surface area contributed by atoms with E-state index in [-0.39, 0.29) is 28.3 Å². The minimum Gasteiger partial charge on any atom is -0.387 e. The standard InChI is InChI=1S/C22H31N10O17P3/c1-24-16-10-17(26-5-25-16)31(6-27-10)21-15(43-2)14(9(47-21)4-45-52(41,42)49-50(36,37)38)48-51(39,40)44-3-8-12(33)13(34)20(46-8)32-7-28-11-18(32)29-22(23)30-19(11)35/h5-9,12-15,20-21,33-34H,3-4H2,1-2H3,(H,39,40)(H,41,42)(H,24,25,26)(H2,36,37,38)(H3,23,29,30,35)/t8-,9-,12-,13-,14-,15-,20-,21-/m1/s1. The molecule has 4 aromatic heterocycles. The summed E-state index contributed by atoms with van der Waals surface area (Å²) in [5, 5.41) is 24.2. The molecule has 0 amide bonds. The number of phosphoric ester groups is 2. The number of aromatic nitrogens is 8. The van der Waals surface area contributed by atoms with Crippen LogP contribution in [0.15, 0.2) is 23.8 Å². The molecule has 10 atom stereocenters. The maximum Gasteiger partial charge on any atom is 0.481 e. The van der Waals surface area contributed by atoms with Gasteiger partial charge in [0, 0.05) is 14.2 Å². The van der Waals surface area contributed by atoms with Gasteiger partial charge in [0.1, 0.15) is 48.5 Å². The first-order chi connectivity index (χ1) is 24.4. The van der Waals surface area contributed by atoms with Crippen molar-refractivity contribution in [2.75, 3.05) is 38.4 Å². The number of aliphatic hydroxyl groups is 2. The lowest BCUT2D eigenvalue weighted by molar-refractivity contribution is -0.0581. The first kappa shape index (κ1) is 38.4. The predicted molar refractivity (Wildman–Crippen MR) is 168 cm³/mol. The van der Waals surface area contributed by atoms with Crippen molar-refractivity contribution in [2.45, 2.75) is 49.1 Å². The second-order valence-corrected chi connectivity index (χ2v) is 15.3. The number of anilines is 2. The lowest BCUT2D eigenvalue weighted by Crippen LogP contribution is -2.38. The number of H-pyrrole nitrogens is 1. The minimum atomic E-state index is -5.52. The number of ether oxygens (including phenoxy) is 3. The fourth-order valence-corrected chi connectivity index (χ4v) is 8.13. The summed E-state index contributed by atoms with van der Waals surface area (Å²) in [6.45, 7) is -1.91. The van der Waals surface area contributed by atoms with Crippen molar-refractivity contribution in [1.29, 1.82) is 0 Å². The molecule has 6 heterocycles. The molecule has 286 valence electrons. The van der Waals surface area contributed by atoms with E-state index in [4.69, 9.17) is 43.3 Å². The zero-order chi connectivity index (χ0) is 37.7. The van der Waals surface area contributed by atoms with Crippen molar-refractivity contribution < 1.29 is 75.6 Å². The number of nitrogens with zero attached hydrogens (tertiary/aromatic N) is 7. The Morgan fingerprint density at radius 2 is 1.52 bits per heavy atom. The summed E-state index contributed by atoms with van der Waals surface area (Å²) in [4.78, 5) is 73.4. The van der Waals surface area contributed by atoms with Gasteiger partial charge in [-0.15, -0.1) is 0 Å². The summed E-state index contributed by atoms with van der Waals surface area (Å²) >= 11 is 0. The molecule has 2 aliphatic heterocycles. The van der Waals surface area contributed by atoms with Crippen molar-refractivity contribution in [2.24, 2.45) is 0 Å². The Bertz CT molecular complexity index is 2140. The monoisotopic (exact) mass is 800 g/mol. The number of rotatable bonds is 14. The van der Waals surface area contributed by atoms with Crippen LogP contribution < -0.4 is 16.6 Å². The molecule has 2 unspecified atom stereocenters. The van der Waals surface area contributed by atoms with Gasteiger partial charge in [-0.1, -0.05) is 0 Å². The van der Waals surface area contributed by atoms with E-state index in [1.807, 2.05) is 0 Å². The van der Waals surface area contributed by atoms with Gasteiger partial charge < -0.3 is 55.0 Å². The molecule has 2 fully saturated rings. The minimum absolute atomic E-state index is 0.0946. The molecule has 30 heteroatoms. The lowest BCUT2D eigenvalue weighted by atomic mass is 10.1. The predicted octanol–water partition coefficient (Wildman–Crippen LogP) is -2.16. The molecular weight excluding hydrogens is 769 g/mol. The van der Waals surface area contributed by atoms with Gasteiger partial charge in [-0.05, 0) is 0 Å². The maximum absolute atomic E-state index is 13.4. The highest BCUT2D eigenvalue weighted by Crippen LogP contribution is 2.58. The number of phosphoric acid groups is 3. The lowest BCUT2D eigenvalue weighted by Gasteiger charge is -2.26. The van der Waals surface area contributed by atoms with Gasteiger partial charge in [-0.2, -0.15) is 9.29 Å². The number of imidazole rings is 2. The Morgan fingerprint density at radius 1 is 0.885 bits per heavy atom. The number of nitrogen functional groups attached to an aromatic ring is 1. The summed E-state index contributed by atoms with van der Waals surface area (Å²) in [5.41, 5.74) is 5.14. The van der Waals surface area contributed by atoms with E-state index >= 15 is 0 Å². The molecule has 0 bridgehead atoms. The second kappa shape index (κ2) is 14.5. The molecule has 6 rings (SSSR count). The first-order valence-electron chi connectivity index (χ1n) is 14.6. The molecule has 0 aromatic carbocycles. The van der Waals surface area contributed by atoms with Crippen molar-refractivity contribution >= 4 is 57.6 Å². The molecule has 0 spiro atoms. The van der Waals surface area contributed by atoms with E-state index in [1.165, 1.54) is 24.3 Å². The fraction of sp³-hybridized carbons (Fsp3) is 0.545. The number of nitrogens with one attached hydrogen (secondary N) is 2. The summed E-state index contributed by atoms with van der Waals surface area (Å²) in [6.07, 6.45) is -8.69. The number of aliphatic hydroxyl groups excluding tert-OH is 2. The van der Waals surface area contributed by atoms with Gasteiger partial charge in [0.25, 0.3) is 5.56 Å². The van der Waals surface area contributed by atoms with Gasteiger partial charge in [-0.3, -0.25) is 32.5 Å². The van der Waals surface area contributed by atoms with Gasteiger partial charge in [0.15, 0.2) is 35.1 Å². The quantitative estimate of drug-likeness (QED) is 0.0613. The van der Waals surface area contributed by atoms with E-state index in [1.54, 1.807) is 7.05 Å². The van der Waals surface area contributed by atoms with Crippen LogP contribution in [0.3, 0.4) is 0 Å². The SMILES string of the molecule is CNc1ncnc2c1ncn2[C@@H]1O[C@H](COP(=O)(O)OP(=O)(O)O)[C@@H](OP(=O)(O)OC[C@H]2O[C@@H](n3cnc4c(=O)[nH]c(N)nc43)[C@H](O)[C@@H]2O)[C@H]1OC. The van der Waals surface area contributed by atoms with E-state index in [2.05, 4.69) is 39.5 Å². The zero-order valence-corrected chi connectivity index (χ0v) is 29.2. The number of hydrogen-bond donors (Lipinski definition) is 9. The van der Waals surface area contributed by atoms with Gasteiger partial charge in [0.2, 0.25) is 5.95 Å². The van der Waals surface area contributed by atoms with Crippen LogP contribution in [0.1, 0.15) is 12.5 Å². The van der Waals surface area contributed by atoms with Gasteiger partial charge >= 0.3 is 23.5 Å². The third kappa shape index (κ3) is 7.81. The average Bonchev–Trinajstić information content (AvgIpc) is 3.82. The van der Waals surface area contributed by atoms with Crippen LogP contribution in [0.2, 0.25) is 0 Å². The molecule has 52 heavy (non-hydrogen) atoms. The average molecular weight is 800 g/mol. The third-order valence-electron chi connectivity index (χ3n) is 7.76. The molecule has 27 nitrogen and oxygen atoms in total. The number of hydrogen-bond acceptors (Lipinski definition) is 20. The Morgan fingerprint density at radius 3 is 2.19 bits per heavy atom. The molecular formula is C22H31N10O17P3.